The number of carbonyl (C=O) groups is 2. The van der Waals surface area contributed by atoms with Crippen LogP contribution in [0, 0.1) is 0 Å². The van der Waals surface area contributed by atoms with Gasteiger partial charge < -0.3 is 19.5 Å². The van der Waals surface area contributed by atoms with E-state index >= 15 is 0 Å². The molecule has 0 unspecified atom stereocenters. The van der Waals surface area contributed by atoms with E-state index in [2.05, 4.69) is 15.4 Å². The second-order valence-corrected chi connectivity index (χ2v) is 5.91. The van der Waals surface area contributed by atoms with Crippen LogP contribution in [0.4, 0.5) is 5.69 Å². The zero-order valence-electron chi connectivity index (χ0n) is 14.5. The van der Waals surface area contributed by atoms with Crippen molar-refractivity contribution >= 4 is 34.9 Å². The molecule has 26 heavy (non-hydrogen) atoms. The quantitative estimate of drug-likeness (QED) is 0.427. The van der Waals surface area contributed by atoms with Crippen LogP contribution in [0.15, 0.2) is 36.4 Å². The van der Waals surface area contributed by atoms with Gasteiger partial charge in [-0.05, 0) is 56.2 Å². The Morgan fingerprint density at radius 1 is 1.31 bits per heavy atom. The van der Waals surface area contributed by atoms with Gasteiger partial charge in [0.1, 0.15) is 12.4 Å². The average molecular weight is 378 g/mol. The molecule has 0 bridgehead atoms. The molecule has 1 aliphatic rings. The van der Waals surface area contributed by atoms with Gasteiger partial charge in [-0.2, -0.15) is 0 Å². The molecule has 2 N–H and O–H groups in total. The van der Waals surface area contributed by atoms with Crippen molar-refractivity contribution in [3.05, 3.63) is 36.4 Å². The Balaban J connectivity index is 1.74. The number of ether oxygens (including phenoxy) is 3. The van der Waals surface area contributed by atoms with E-state index in [0.29, 0.717) is 12.3 Å². The molecule has 1 amide bonds. The van der Waals surface area contributed by atoms with E-state index in [-0.39, 0.29) is 17.8 Å². The molecule has 0 radical (unpaired) electrons. The molecule has 8 heteroatoms. The molecule has 1 atom stereocenters. The summed E-state index contributed by atoms with van der Waals surface area (Å²) in [6, 6.07) is 7.19. The Kier molecular flexibility index (Phi) is 8.04. The fraction of sp³-hybridized carbons (Fsp3) is 0.389. The van der Waals surface area contributed by atoms with Crippen LogP contribution in [-0.4, -0.2) is 42.9 Å². The van der Waals surface area contributed by atoms with Crippen LogP contribution in [-0.2, 0) is 19.1 Å². The van der Waals surface area contributed by atoms with Gasteiger partial charge in [0.05, 0.1) is 12.7 Å². The van der Waals surface area contributed by atoms with Crippen LogP contribution in [0.5, 0.6) is 5.75 Å². The largest absolute Gasteiger partial charge is 0.491 e. The molecule has 0 spiro atoms. The third kappa shape index (κ3) is 7.20. The molecule has 0 aliphatic carbocycles. The van der Waals surface area contributed by atoms with Crippen LogP contribution < -0.4 is 15.4 Å². The van der Waals surface area contributed by atoms with Crippen molar-refractivity contribution in [3.63, 3.8) is 0 Å². The third-order valence-electron chi connectivity index (χ3n) is 3.47. The van der Waals surface area contributed by atoms with E-state index in [1.54, 1.807) is 19.1 Å². The van der Waals surface area contributed by atoms with Gasteiger partial charge in [0, 0.05) is 24.4 Å². The maximum atomic E-state index is 11.7. The summed E-state index contributed by atoms with van der Waals surface area (Å²) in [6.45, 7) is 3.27. The zero-order valence-corrected chi connectivity index (χ0v) is 15.3. The van der Waals surface area contributed by atoms with Crippen LogP contribution in [0.1, 0.15) is 19.8 Å². The van der Waals surface area contributed by atoms with Crippen LogP contribution in [0.2, 0.25) is 0 Å². The Morgan fingerprint density at radius 2 is 2.08 bits per heavy atom. The Hall–Kier alpha value is -2.45. The second-order valence-electron chi connectivity index (χ2n) is 5.50. The first-order valence-corrected chi connectivity index (χ1v) is 8.79. The molecule has 2 rings (SSSR count). The van der Waals surface area contributed by atoms with Gasteiger partial charge in [0.15, 0.2) is 5.11 Å². The molecule has 1 fully saturated rings. The maximum Gasteiger partial charge on any atom is 0.330 e. The molecule has 0 aromatic heterocycles. The van der Waals surface area contributed by atoms with Crippen LogP contribution in [0.3, 0.4) is 0 Å². The van der Waals surface area contributed by atoms with Gasteiger partial charge in [-0.3, -0.25) is 10.1 Å². The number of thiocarbonyl (C=S) groups is 1. The summed E-state index contributed by atoms with van der Waals surface area (Å²) in [7, 11) is 0. The lowest BCUT2D eigenvalue weighted by molar-refractivity contribution is -0.137. The summed E-state index contributed by atoms with van der Waals surface area (Å²) in [5, 5.41) is 5.44. The second kappa shape index (κ2) is 10.5. The molecule has 1 aromatic rings. The van der Waals surface area contributed by atoms with Crippen LogP contribution in [0.25, 0.3) is 0 Å². The first-order valence-electron chi connectivity index (χ1n) is 8.38. The number of carbonyl (C=O) groups excluding carboxylic acids is 2. The summed E-state index contributed by atoms with van der Waals surface area (Å²) in [4.78, 5) is 22.8. The van der Waals surface area contributed by atoms with E-state index < -0.39 is 11.9 Å². The predicted molar refractivity (Wildman–Crippen MR) is 101 cm³/mol. The lowest BCUT2D eigenvalue weighted by Gasteiger charge is -2.12. The van der Waals surface area contributed by atoms with Crippen molar-refractivity contribution in [1.29, 1.82) is 0 Å². The minimum absolute atomic E-state index is 0.122. The summed E-state index contributed by atoms with van der Waals surface area (Å²) in [5.74, 6) is -0.370. The fourth-order valence-corrected chi connectivity index (χ4v) is 2.47. The van der Waals surface area contributed by atoms with E-state index in [4.69, 9.17) is 21.7 Å². The lowest BCUT2D eigenvalue weighted by Crippen LogP contribution is -2.32. The number of esters is 1. The maximum absolute atomic E-state index is 11.7. The van der Waals surface area contributed by atoms with Crippen molar-refractivity contribution in [2.45, 2.75) is 25.9 Å². The number of amides is 1. The van der Waals surface area contributed by atoms with E-state index in [0.717, 1.165) is 37.4 Å². The van der Waals surface area contributed by atoms with Crippen molar-refractivity contribution < 1.29 is 23.8 Å². The number of hydrogen-bond acceptors (Lipinski definition) is 6. The monoisotopic (exact) mass is 378 g/mol. The highest BCUT2D eigenvalue weighted by molar-refractivity contribution is 7.80. The lowest BCUT2D eigenvalue weighted by atomic mass is 10.2. The van der Waals surface area contributed by atoms with Gasteiger partial charge in [-0.25, -0.2) is 4.79 Å². The SMILES string of the molecule is CCOC(=O)/C=C/C(=O)NC(=S)Nc1ccc(OC[C@@H]2CCCO2)cc1. The molecular formula is C18H22N2O5S. The molecular weight excluding hydrogens is 356 g/mol. The van der Waals surface area contributed by atoms with Crippen molar-refractivity contribution in [2.24, 2.45) is 0 Å². The fourth-order valence-electron chi connectivity index (χ4n) is 2.25. The highest BCUT2D eigenvalue weighted by Crippen LogP contribution is 2.18. The number of nitrogens with one attached hydrogen (secondary N) is 2. The smallest absolute Gasteiger partial charge is 0.330 e. The van der Waals surface area contributed by atoms with Gasteiger partial charge in [-0.15, -0.1) is 0 Å². The minimum Gasteiger partial charge on any atom is -0.491 e. The third-order valence-corrected chi connectivity index (χ3v) is 3.67. The van der Waals surface area contributed by atoms with E-state index in [1.807, 2.05) is 12.1 Å². The normalized spacial score (nSPS) is 16.3. The predicted octanol–water partition coefficient (Wildman–Crippen LogP) is 2.18. The Labute approximate surface area is 157 Å². The van der Waals surface area contributed by atoms with E-state index in [1.165, 1.54) is 0 Å². The van der Waals surface area contributed by atoms with Gasteiger partial charge in [0.25, 0.3) is 0 Å². The van der Waals surface area contributed by atoms with Crippen molar-refractivity contribution in [3.8, 4) is 5.75 Å². The summed E-state index contributed by atoms with van der Waals surface area (Å²) < 4.78 is 15.9. The van der Waals surface area contributed by atoms with Crippen molar-refractivity contribution in [1.82, 2.24) is 5.32 Å². The standard InChI is InChI=1S/C18H22N2O5S/c1-2-23-17(22)10-9-16(21)20-18(26)19-13-5-7-14(8-6-13)25-12-15-4-3-11-24-15/h5-10,15H,2-4,11-12H2,1H3,(H2,19,20,21,26)/b10-9+/t15-/m0/s1. The highest BCUT2D eigenvalue weighted by Gasteiger charge is 2.15. The van der Waals surface area contributed by atoms with Gasteiger partial charge in [0.2, 0.25) is 5.91 Å². The summed E-state index contributed by atoms with van der Waals surface area (Å²) in [5.41, 5.74) is 0.703. The Bertz CT molecular complexity index is 654. The highest BCUT2D eigenvalue weighted by atomic mass is 32.1. The molecule has 1 saturated heterocycles. The van der Waals surface area contributed by atoms with Crippen LogP contribution >= 0.6 is 12.2 Å². The zero-order chi connectivity index (χ0) is 18.8. The topological polar surface area (TPSA) is 85.9 Å². The average Bonchev–Trinajstić information content (AvgIpc) is 3.13. The Morgan fingerprint density at radius 3 is 2.73 bits per heavy atom. The number of anilines is 1. The molecule has 1 aromatic carbocycles. The van der Waals surface area contributed by atoms with Gasteiger partial charge >= 0.3 is 5.97 Å². The van der Waals surface area contributed by atoms with E-state index in [9.17, 15) is 9.59 Å². The molecule has 7 nitrogen and oxygen atoms in total. The summed E-state index contributed by atoms with van der Waals surface area (Å²) in [6.07, 6.45) is 4.38. The number of rotatable bonds is 7. The molecule has 1 aliphatic heterocycles. The molecule has 1 heterocycles. The first kappa shape index (κ1) is 19.9. The summed E-state index contributed by atoms with van der Waals surface area (Å²) >= 11 is 5.06. The minimum atomic E-state index is -0.583. The number of hydrogen-bond donors (Lipinski definition) is 2. The number of benzene rings is 1. The van der Waals surface area contributed by atoms with Crippen molar-refractivity contribution in [2.75, 3.05) is 25.1 Å². The first-order chi connectivity index (χ1) is 12.6. The van der Waals surface area contributed by atoms with Gasteiger partial charge in [-0.1, -0.05) is 0 Å². The molecule has 0 saturated carbocycles. The molecule has 140 valence electrons.